The molecule has 0 heterocycles. The smallest absolute Gasteiger partial charge is 0.337 e. The van der Waals surface area contributed by atoms with Gasteiger partial charge in [0.05, 0.1) is 29.7 Å². The number of nitro groups is 1. The van der Waals surface area contributed by atoms with Gasteiger partial charge in [0, 0.05) is 13.1 Å². The average Bonchev–Trinajstić information content (AvgIpc) is 2.44. The number of hydrogen-bond acceptors (Lipinski definition) is 6. The minimum atomic E-state index is -0.709. The van der Waals surface area contributed by atoms with Gasteiger partial charge in [-0.15, -0.1) is 0 Å². The Morgan fingerprint density at radius 1 is 1.50 bits per heavy atom. The summed E-state index contributed by atoms with van der Waals surface area (Å²) in [5.41, 5.74) is -0.383. The molecular weight excluding hydrogens is 264 g/mol. The third-order valence-electron chi connectivity index (χ3n) is 3.25. The van der Waals surface area contributed by atoms with Crippen LogP contribution >= 0.6 is 0 Å². The van der Waals surface area contributed by atoms with Crippen LogP contribution in [0.5, 0.6) is 0 Å². The molecule has 0 bridgehead atoms. The van der Waals surface area contributed by atoms with E-state index in [1.807, 2.05) is 0 Å². The summed E-state index contributed by atoms with van der Waals surface area (Å²) < 4.78 is 4.61. The van der Waals surface area contributed by atoms with Gasteiger partial charge < -0.3 is 14.7 Å². The number of rotatable bonds is 5. The molecule has 0 amide bonds. The molecule has 7 heteroatoms. The monoisotopic (exact) mass is 282 g/mol. The minimum Gasteiger partial charge on any atom is -0.465 e. The Labute approximate surface area is 116 Å². The first-order valence-electron chi connectivity index (χ1n) is 5.96. The van der Waals surface area contributed by atoms with Gasteiger partial charge >= 0.3 is 5.97 Å². The van der Waals surface area contributed by atoms with E-state index in [0.717, 1.165) is 0 Å². The van der Waals surface area contributed by atoms with Gasteiger partial charge in [-0.3, -0.25) is 10.1 Å². The van der Waals surface area contributed by atoms with Gasteiger partial charge in [-0.1, -0.05) is 0 Å². The van der Waals surface area contributed by atoms with E-state index in [-0.39, 0.29) is 23.5 Å². The maximum atomic E-state index is 11.5. The largest absolute Gasteiger partial charge is 0.465 e. The summed E-state index contributed by atoms with van der Waals surface area (Å²) in [5.74, 6) is -0.573. The van der Waals surface area contributed by atoms with Gasteiger partial charge in [-0.25, -0.2) is 4.79 Å². The second-order valence-corrected chi connectivity index (χ2v) is 4.98. The molecule has 0 atom stereocenters. The van der Waals surface area contributed by atoms with E-state index in [4.69, 9.17) is 0 Å². The fraction of sp³-hybridized carbons (Fsp3) is 0.462. The lowest BCUT2D eigenvalue weighted by atomic mass is 10.0. The molecule has 0 aliphatic rings. The number of hydrogen-bond donors (Lipinski definition) is 1. The van der Waals surface area contributed by atoms with Crippen LogP contribution in [0, 0.1) is 10.1 Å². The zero-order valence-corrected chi connectivity index (χ0v) is 11.9. The van der Waals surface area contributed by atoms with Crippen molar-refractivity contribution < 1.29 is 19.6 Å². The molecule has 7 nitrogen and oxygen atoms in total. The number of carbonyl (C=O) groups is 1. The molecule has 0 aliphatic heterocycles. The second-order valence-electron chi connectivity index (χ2n) is 4.98. The van der Waals surface area contributed by atoms with Crippen molar-refractivity contribution >= 4 is 17.3 Å². The number of nitrogens with zero attached hydrogens (tertiary/aromatic N) is 2. The molecule has 0 spiro atoms. The van der Waals surface area contributed by atoms with Crippen LogP contribution in [0.2, 0.25) is 0 Å². The van der Waals surface area contributed by atoms with E-state index in [9.17, 15) is 20.0 Å². The average molecular weight is 282 g/mol. The number of esters is 1. The lowest BCUT2D eigenvalue weighted by Crippen LogP contribution is -2.44. The highest BCUT2D eigenvalue weighted by Crippen LogP contribution is 2.32. The van der Waals surface area contributed by atoms with Crippen molar-refractivity contribution in [2.45, 2.75) is 19.4 Å². The first-order chi connectivity index (χ1) is 9.24. The Balaban J connectivity index is 3.40. The number of aliphatic hydroxyl groups is 1. The van der Waals surface area contributed by atoms with Crippen molar-refractivity contribution in [1.82, 2.24) is 0 Å². The number of methoxy groups -OCH3 is 1. The topological polar surface area (TPSA) is 92.9 Å². The van der Waals surface area contributed by atoms with E-state index in [2.05, 4.69) is 4.74 Å². The Bertz CT molecular complexity index is 527. The van der Waals surface area contributed by atoms with Gasteiger partial charge in [0.2, 0.25) is 0 Å². The summed E-state index contributed by atoms with van der Waals surface area (Å²) in [7, 11) is 2.87. The van der Waals surface area contributed by atoms with Gasteiger partial charge in [-0.05, 0) is 26.0 Å². The van der Waals surface area contributed by atoms with E-state index in [0.29, 0.717) is 0 Å². The molecule has 0 aliphatic carbocycles. The second kappa shape index (κ2) is 5.87. The Morgan fingerprint density at radius 3 is 2.55 bits per heavy atom. The normalized spacial score (nSPS) is 11.1. The lowest BCUT2D eigenvalue weighted by Gasteiger charge is -2.35. The van der Waals surface area contributed by atoms with Crippen LogP contribution in [0.3, 0.4) is 0 Å². The maximum Gasteiger partial charge on any atom is 0.337 e. The van der Waals surface area contributed by atoms with Crippen molar-refractivity contribution in [3.63, 3.8) is 0 Å². The predicted molar refractivity (Wildman–Crippen MR) is 74.0 cm³/mol. The van der Waals surface area contributed by atoms with Crippen LogP contribution in [0.25, 0.3) is 0 Å². The highest BCUT2D eigenvalue weighted by Gasteiger charge is 2.29. The van der Waals surface area contributed by atoms with Crippen molar-refractivity contribution in [3.05, 3.63) is 33.9 Å². The van der Waals surface area contributed by atoms with E-state index in [1.54, 1.807) is 25.8 Å². The van der Waals surface area contributed by atoms with Crippen molar-refractivity contribution in [2.24, 2.45) is 0 Å². The molecule has 20 heavy (non-hydrogen) atoms. The van der Waals surface area contributed by atoms with Crippen molar-refractivity contribution in [2.75, 3.05) is 25.7 Å². The Kier molecular flexibility index (Phi) is 4.67. The molecule has 0 saturated carbocycles. The molecule has 0 saturated heterocycles. The summed E-state index contributed by atoms with van der Waals surface area (Å²) in [6.07, 6.45) is 0. The van der Waals surface area contributed by atoms with Crippen LogP contribution in [0.15, 0.2) is 18.2 Å². The van der Waals surface area contributed by atoms with Gasteiger partial charge in [0.15, 0.2) is 0 Å². The number of carbonyl (C=O) groups excluding carboxylic acids is 1. The number of anilines is 1. The summed E-state index contributed by atoms with van der Waals surface area (Å²) in [5, 5.41) is 20.5. The van der Waals surface area contributed by atoms with E-state index < -0.39 is 16.4 Å². The number of aliphatic hydroxyl groups excluding tert-OH is 1. The molecule has 1 aromatic rings. The first kappa shape index (κ1) is 15.9. The summed E-state index contributed by atoms with van der Waals surface area (Å²) >= 11 is 0. The molecule has 0 fully saturated rings. The number of nitro benzene ring substituents is 1. The highest BCUT2D eigenvalue weighted by molar-refractivity contribution is 5.91. The van der Waals surface area contributed by atoms with E-state index >= 15 is 0 Å². The fourth-order valence-corrected chi connectivity index (χ4v) is 1.62. The quantitative estimate of drug-likeness (QED) is 0.501. The molecule has 0 aromatic heterocycles. The van der Waals surface area contributed by atoms with Crippen LogP contribution < -0.4 is 4.90 Å². The SMILES string of the molecule is COC(=O)c1ccc([N+](=O)[O-])c(N(C)C(C)(C)CO)c1. The molecule has 1 aromatic carbocycles. The van der Waals surface area contributed by atoms with Crippen molar-refractivity contribution in [1.29, 1.82) is 0 Å². The van der Waals surface area contributed by atoms with E-state index in [1.165, 1.54) is 25.3 Å². The number of ether oxygens (including phenoxy) is 1. The summed E-state index contributed by atoms with van der Waals surface area (Å²) in [6, 6.07) is 3.99. The molecule has 1 rings (SSSR count). The molecule has 1 N–H and O–H groups in total. The fourth-order valence-electron chi connectivity index (χ4n) is 1.62. The highest BCUT2D eigenvalue weighted by atomic mass is 16.6. The third kappa shape index (κ3) is 3.05. The van der Waals surface area contributed by atoms with Crippen LogP contribution in [0.4, 0.5) is 11.4 Å². The molecule has 110 valence electrons. The van der Waals surface area contributed by atoms with Gasteiger partial charge in [0.1, 0.15) is 5.69 Å². The summed E-state index contributed by atoms with van der Waals surface area (Å²) in [4.78, 5) is 23.7. The van der Waals surface area contributed by atoms with Crippen LogP contribution in [0.1, 0.15) is 24.2 Å². The Morgan fingerprint density at radius 2 is 2.10 bits per heavy atom. The lowest BCUT2D eigenvalue weighted by molar-refractivity contribution is -0.384. The minimum absolute atomic E-state index is 0.137. The number of benzene rings is 1. The predicted octanol–water partition coefficient (Wildman–Crippen LogP) is 1.59. The standard InChI is InChI=1S/C13H18N2O5/c1-13(2,8-16)14(3)11-7-9(12(17)20-4)5-6-10(11)15(18)19/h5-7,16H,8H2,1-4H3. The summed E-state index contributed by atoms with van der Waals surface area (Å²) in [6.45, 7) is 3.28. The van der Waals surface area contributed by atoms with Crippen LogP contribution in [-0.4, -0.2) is 42.3 Å². The maximum absolute atomic E-state index is 11.5. The zero-order chi connectivity index (χ0) is 15.5. The Hall–Kier alpha value is -2.15. The van der Waals surface area contributed by atoms with Crippen LogP contribution in [-0.2, 0) is 4.74 Å². The van der Waals surface area contributed by atoms with Gasteiger partial charge in [0.25, 0.3) is 5.69 Å². The van der Waals surface area contributed by atoms with Gasteiger partial charge in [-0.2, -0.15) is 0 Å². The first-order valence-corrected chi connectivity index (χ1v) is 5.96. The molecule has 0 radical (unpaired) electrons. The molecular formula is C13H18N2O5. The number of likely N-dealkylation sites (N-methyl/N-ethyl adjacent to an activating group) is 1. The zero-order valence-electron chi connectivity index (χ0n) is 11.9. The van der Waals surface area contributed by atoms with Crippen molar-refractivity contribution in [3.8, 4) is 0 Å². The third-order valence-corrected chi connectivity index (χ3v) is 3.25. The molecule has 0 unspecified atom stereocenters.